The fraction of sp³-hybridized carbons (Fsp3) is 0.278. The van der Waals surface area contributed by atoms with Gasteiger partial charge in [-0.1, -0.05) is 72.8 Å². The van der Waals surface area contributed by atoms with E-state index in [2.05, 4.69) is 5.32 Å². The van der Waals surface area contributed by atoms with Crippen molar-refractivity contribution in [2.75, 3.05) is 18.0 Å². The molecule has 2 amide bonds. The van der Waals surface area contributed by atoms with Crippen molar-refractivity contribution in [3.63, 3.8) is 0 Å². The smallest absolute Gasteiger partial charge is 0.264 e. The number of carbonyl (C=O) groups excluding carboxylic acids is 2. The number of benzene rings is 4. The predicted octanol–water partition coefficient (Wildman–Crippen LogP) is 5.67. The number of amides is 2. The summed E-state index contributed by atoms with van der Waals surface area (Å²) in [6, 6.07) is 29.1. The van der Waals surface area contributed by atoms with Gasteiger partial charge < -0.3 is 15.0 Å². The van der Waals surface area contributed by atoms with E-state index in [1.807, 2.05) is 82.3 Å². The normalized spacial score (nSPS) is 12.0. The molecule has 1 unspecified atom stereocenters. The topological polar surface area (TPSA) is 96.0 Å². The molecule has 0 aliphatic carbocycles. The van der Waals surface area contributed by atoms with Crippen LogP contribution in [-0.2, 0) is 32.6 Å². The lowest BCUT2D eigenvalue weighted by Crippen LogP contribution is -2.54. The summed E-state index contributed by atoms with van der Waals surface area (Å²) < 4.78 is 35.0. The van der Waals surface area contributed by atoms with Crippen LogP contribution in [0.3, 0.4) is 0 Å². The molecule has 0 radical (unpaired) electrons. The first-order valence-electron chi connectivity index (χ1n) is 14.9. The van der Waals surface area contributed by atoms with Crippen LogP contribution in [0.25, 0.3) is 0 Å². The molecule has 0 saturated carbocycles. The Bertz CT molecular complexity index is 1710. The molecule has 4 rings (SSSR count). The number of nitrogens with one attached hydrogen (secondary N) is 1. The van der Waals surface area contributed by atoms with Gasteiger partial charge in [-0.25, -0.2) is 8.42 Å². The van der Waals surface area contributed by atoms with Crippen molar-refractivity contribution < 1.29 is 22.7 Å². The van der Waals surface area contributed by atoms with Crippen LogP contribution in [0, 0.1) is 13.8 Å². The van der Waals surface area contributed by atoms with Crippen LogP contribution in [0.4, 0.5) is 5.69 Å². The van der Waals surface area contributed by atoms with Crippen LogP contribution in [-0.4, -0.2) is 50.9 Å². The fourth-order valence-electron chi connectivity index (χ4n) is 5.14. The van der Waals surface area contributed by atoms with Crippen LogP contribution in [0.1, 0.15) is 36.1 Å². The molecule has 1 atom stereocenters. The molecule has 0 aliphatic rings. The van der Waals surface area contributed by atoms with Gasteiger partial charge in [0.1, 0.15) is 18.3 Å². The minimum absolute atomic E-state index is 0.0606. The second kappa shape index (κ2) is 14.9. The summed E-state index contributed by atoms with van der Waals surface area (Å²) in [5.41, 5.74) is 3.64. The molecule has 0 aromatic heterocycles. The summed E-state index contributed by atoms with van der Waals surface area (Å²) in [5.74, 6) is -0.234. The molecular formula is C36H41N3O5S. The Morgan fingerprint density at radius 3 is 2.09 bits per heavy atom. The van der Waals surface area contributed by atoms with Crippen LogP contribution >= 0.6 is 0 Å². The van der Waals surface area contributed by atoms with Crippen LogP contribution in [0.15, 0.2) is 108 Å². The Morgan fingerprint density at radius 2 is 1.44 bits per heavy atom. The van der Waals surface area contributed by atoms with Crippen LogP contribution in [0.5, 0.6) is 5.75 Å². The van der Waals surface area contributed by atoms with Crippen molar-refractivity contribution >= 4 is 27.5 Å². The van der Waals surface area contributed by atoms with E-state index in [-0.39, 0.29) is 29.8 Å². The van der Waals surface area contributed by atoms with Gasteiger partial charge >= 0.3 is 0 Å². The minimum atomic E-state index is -4.16. The van der Waals surface area contributed by atoms with E-state index in [1.54, 1.807) is 43.5 Å². The zero-order chi connectivity index (χ0) is 32.6. The van der Waals surface area contributed by atoms with Crippen molar-refractivity contribution in [3.05, 3.63) is 125 Å². The van der Waals surface area contributed by atoms with E-state index in [1.165, 1.54) is 17.0 Å². The number of methoxy groups -OCH3 is 1. The number of sulfonamides is 1. The van der Waals surface area contributed by atoms with Crippen molar-refractivity contribution in [2.24, 2.45) is 0 Å². The molecular weight excluding hydrogens is 586 g/mol. The van der Waals surface area contributed by atoms with Gasteiger partial charge in [-0.15, -0.1) is 0 Å². The maximum Gasteiger partial charge on any atom is 0.264 e. The molecule has 4 aromatic rings. The standard InChI is InChI=1S/C36H41N3O5S/c1-26(2)37-36(41)34(23-29-15-8-6-9-16-29)38(24-30-17-13-18-31(22-30)44-5)35(40)25-39(33-21-12-14-27(3)28(33)4)45(42,43)32-19-10-7-11-20-32/h6-22,26,34H,23-25H2,1-5H3,(H,37,41). The molecule has 8 nitrogen and oxygen atoms in total. The fourth-order valence-corrected chi connectivity index (χ4v) is 6.63. The lowest BCUT2D eigenvalue weighted by atomic mass is 10.0. The molecule has 45 heavy (non-hydrogen) atoms. The Morgan fingerprint density at radius 1 is 0.822 bits per heavy atom. The maximum absolute atomic E-state index is 14.6. The first-order chi connectivity index (χ1) is 21.5. The van der Waals surface area contributed by atoms with Gasteiger partial charge in [-0.2, -0.15) is 0 Å². The highest BCUT2D eigenvalue weighted by Crippen LogP contribution is 2.29. The monoisotopic (exact) mass is 627 g/mol. The van der Waals surface area contributed by atoms with Crippen molar-refractivity contribution in [1.82, 2.24) is 10.2 Å². The van der Waals surface area contributed by atoms with Crippen molar-refractivity contribution in [2.45, 2.75) is 57.6 Å². The third-order valence-corrected chi connectivity index (χ3v) is 9.42. The van der Waals surface area contributed by atoms with Gasteiger partial charge in [0.25, 0.3) is 10.0 Å². The summed E-state index contributed by atoms with van der Waals surface area (Å²) in [4.78, 5) is 30.0. The lowest BCUT2D eigenvalue weighted by molar-refractivity contribution is -0.140. The predicted molar refractivity (Wildman–Crippen MR) is 178 cm³/mol. The number of hydrogen-bond donors (Lipinski definition) is 1. The van der Waals surface area contributed by atoms with E-state index in [9.17, 15) is 18.0 Å². The van der Waals surface area contributed by atoms with Gasteiger partial charge in [-0.05, 0) is 80.3 Å². The van der Waals surface area contributed by atoms with E-state index in [0.29, 0.717) is 11.4 Å². The number of anilines is 1. The zero-order valence-electron chi connectivity index (χ0n) is 26.4. The Labute approximate surface area is 266 Å². The van der Waals surface area contributed by atoms with E-state index < -0.39 is 28.5 Å². The molecule has 0 heterocycles. The molecule has 0 bridgehead atoms. The van der Waals surface area contributed by atoms with Gasteiger partial charge in [0, 0.05) is 19.0 Å². The number of rotatable bonds is 13. The number of nitrogens with zero attached hydrogens (tertiary/aromatic N) is 2. The molecule has 0 fully saturated rings. The molecule has 4 aromatic carbocycles. The number of ether oxygens (including phenoxy) is 1. The molecule has 236 valence electrons. The third kappa shape index (κ3) is 8.30. The molecule has 1 N–H and O–H groups in total. The number of hydrogen-bond acceptors (Lipinski definition) is 5. The molecule has 0 aliphatic heterocycles. The highest BCUT2D eigenvalue weighted by atomic mass is 32.2. The maximum atomic E-state index is 14.6. The highest BCUT2D eigenvalue weighted by Gasteiger charge is 2.35. The largest absolute Gasteiger partial charge is 0.497 e. The average Bonchev–Trinajstić information content (AvgIpc) is 3.03. The van der Waals surface area contributed by atoms with Crippen molar-refractivity contribution in [3.8, 4) is 5.75 Å². The molecule has 9 heteroatoms. The Hall–Kier alpha value is -4.63. The molecule has 0 spiro atoms. The Balaban J connectivity index is 1.84. The molecule has 0 saturated heterocycles. The summed E-state index contributed by atoms with van der Waals surface area (Å²) in [6.07, 6.45) is 0.240. The zero-order valence-corrected chi connectivity index (χ0v) is 27.3. The van der Waals surface area contributed by atoms with E-state index in [4.69, 9.17) is 4.74 Å². The second-order valence-corrected chi connectivity index (χ2v) is 13.1. The minimum Gasteiger partial charge on any atom is -0.497 e. The summed E-state index contributed by atoms with van der Waals surface area (Å²) in [7, 11) is -2.60. The average molecular weight is 628 g/mol. The lowest BCUT2D eigenvalue weighted by Gasteiger charge is -2.34. The Kier molecular flexibility index (Phi) is 11.0. The van der Waals surface area contributed by atoms with Gasteiger partial charge in [0.15, 0.2) is 0 Å². The summed E-state index contributed by atoms with van der Waals surface area (Å²) >= 11 is 0. The summed E-state index contributed by atoms with van der Waals surface area (Å²) in [6.45, 7) is 7.01. The van der Waals surface area contributed by atoms with Gasteiger partial charge in [-0.3, -0.25) is 13.9 Å². The van der Waals surface area contributed by atoms with E-state index >= 15 is 0 Å². The first kappa shape index (κ1) is 33.3. The highest BCUT2D eigenvalue weighted by molar-refractivity contribution is 7.92. The number of aryl methyl sites for hydroxylation is 1. The van der Waals surface area contributed by atoms with E-state index in [0.717, 1.165) is 26.6 Å². The first-order valence-corrected chi connectivity index (χ1v) is 16.4. The van der Waals surface area contributed by atoms with Crippen LogP contribution in [0.2, 0.25) is 0 Å². The third-order valence-electron chi connectivity index (χ3n) is 7.64. The second-order valence-electron chi connectivity index (χ2n) is 11.3. The quantitative estimate of drug-likeness (QED) is 0.206. The SMILES string of the molecule is COc1cccc(CN(C(=O)CN(c2cccc(C)c2C)S(=O)(=O)c2ccccc2)C(Cc2ccccc2)C(=O)NC(C)C)c1. The van der Waals surface area contributed by atoms with Crippen molar-refractivity contribution in [1.29, 1.82) is 0 Å². The number of carbonyl (C=O) groups is 2. The van der Waals surface area contributed by atoms with Gasteiger partial charge in [0.05, 0.1) is 17.7 Å². The van der Waals surface area contributed by atoms with Gasteiger partial charge in [0.2, 0.25) is 11.8 Å². The summed E-state index contributed by atoms with van der Waals surface area (Å²) in [5, 5.41) is 2.98. The van der Waals surface area contributed by atoms with Crippen LogP contribution < -0.4 is 14.4 Å².